The van der Waals surface area contributed by atoms with E-state index in [0.29, 0.717) is 5.88 Å². The van der Waals surface area contributed by atoms with Crippen LogP contribution in [-0.4, -0.2) is 45.4 Å². The van der Waals surface area contributed by atoms with Crippen LogP contribution in [0.2, 0.25) is 18.1 Å². The molecule has 6 heteroatoms. The van der Waals surface area contributed by atoms with Gasteiger partial charge >= 0.3 is 0 Å². The molecule has 0 aliphatic heterocycles. The summed E-state index contributed by atoms with van der Waals surface area (Å²) in [6, 6.07) is 0. The van der Waals surface area contributed by atoms with Gasteiger partial charge in [0.2, 0.25) is 5.91 Å². The highest BCUT2D eigenvalue weighted by Gasteiger charge is 2.39. The Labute approximate surface area is 117 Å². The first-order valence-corrected chi connectivity index (χ1v) is 9.54. The van der Waals surface area contributed by atoms with E-state index in [1.807, 2.05) is 0 Å². The molecule has 0 heterocycles. The summed E-state index contributed by atoms with van der Waals surface area (Å²) < 4.78 is 6.12. The summed E-state index contributed by atoms with van der Waals surface area (Å²) in [5.74, 6) is 0.192. The minimum Gasteiger partial charge on any atom is -0.412 e. The quantitative estimate of drug-likeness (QED) is 0.429. The van der Waals surface area contributed by atoms with E-state index in [9.17, 15) is 4.79 Å². The Morgan fingerprint density at radius 1 is 1.39 bits per heavy atom. The van der Waals surface area contributed by atoms with E-state index in [4.69, 9.17) is 20.9 Å². The molecule has 0 rings (SSSR count). The van der Waals surface area contributed by atoms with Crippen LogP contribution in [0.15, 0.2) is 0 Å². The normalized spacial score (nSPS) is 14.4. The van der Waals surface area contributed by atoms with Gasteiger partial charge < -0.3 is 4.43 Å². The fraction of sp³-hybridized carbons (Fsp3) is 0.917. The van der Waals surface area contributed by atoms with Crippen LogP contribution >= 0.6 is 11.6 Å². The monoisotopic (exact) mass is 295 g/mol. The zero-order valence-corrected chi connectivity index (χ0v) is 14.3. The second kappa shape index (κ2) is 6.89. The molecule has 0 unspecified atom stereocenters. The van der Waals surface area contributed by atoms with E-state index in [2.05, 4.69) is 33.9 Å². The first-order chi connectivity index (χ1) is 8.05. The SMILES string of the molecule is CON(C)C(=O)C[C@H](CCl)O[Si](C)(C)C(C)(C)C. The fourth-order valence-corrected chi connectivity index (χ4v) is 2.78. The molecule has 4 nitrogen and oxygen atoms in total. The van der Waals surface area contributed by atoms with E-state index in [1.165, 1.54) is 12.2 Å². The van der Waals surface area contributed by atoms with Gasteiger partial charge in [0.05, 0.1) is 19.6 Å². The summed E-state index contributed by atoms with van der Waals surface area (Å²) in [4.78, 5) is 16.6. The molecule has 0 aromatic heterocycles. The summed E-state index contributed by atoms with van der Waals surface area (Å²) >= 11 is 5.90. The first kappa shape index (κ1) is 17.9. The van der Waals surface area contributed by atoms with Gasteiger partial charge in [-0.1, -0.05) is 20.8 Å². The van der Waals surface area contributed by atoms with Crippen molar-refractivity contribution >= 4 is 25.8 Å². The number of carbonyl (C=O) groups is 1. The highest BCUT2D eigenvalue weighted by Crippen LogP contribution is 2.37. The summed E-state index contributed by atoms with van der Waals surface area (Å²) in [5, 5.41) is 1.31. The number of nitrogens with zero attached hydrogens (tertiary/aromatic N) is 1. The molecule has 0 bridgehead atoms. The summed E-state index contributed by atoms with van der Waals surface area (Å²) in [7, 11) is 1.15. The van der Waals surface area contributed by atoms with Crippen LogP contribution in [0.3, 0.4) is 0 Å². The molecule has 0 aliphatic rings. The number of hydrogen-bond donors (Lipinski definition) is 0. The second-order valence-electron chi connectivity index (χ2n) is 5.93. The molecule has 1 amide bonds. The van der Waals surface area contributed by atoms with Crippen LogP contribution in [0.1, 0.15) is 27.2 Å². The van der Waals surface area contributed by atoms with Gasteiger partial charge in [0.25, 0.3) is 0 Å². The Balaban J connectivity index is 4.58. The smallest absolute Gasteiger partial charge is 0.248 e. The lowest BCUT2D eigenvalue weighted by Gasteiger charge is -2.39. The Morgan fingerprint density at radius 3 is 2.22 bits per heavy atom. The number of amides is 1. The van der Waals surface area contributed by atoms with E-state index < -0.39 is 8.32 Å². The molecule has 0 aromatic carbocycles. The van der Waals surface area contributed by atoms with Gasteiger partial charge in [0.1, 0.15) is 0 Å². The number of carbonyl (C=O) groups excluding carboxylic acids is 1. The number of rotatable bonds is 6. The third-order valence-corrected chi connectivity index (χ3v) is 8.35. The molecule has 0 aliphatic carbocycles. The standard InChI is InChI=1S/C12H26ClNO3Si/c1-12(2,3)18(6,7)17-10(9-13)8-11(15)14(4)16-5/h10H,8-9H2,1-7H3/t10-/m1/s1. The Morgan fingerprint density at radius 2 is 1.89 bits per heavy atom. The van der Waals surface area contributed by atoms with Gasteiger partial charge in [-0.15, -0.1) is 11.6 Å². The lowest BCUT2D eigenvalue weighted by atomic mass is 10.2. The molecule has 0 saturated heterocycles. The molecule has 108 valence electrons. The molecule has 0 spiro atoms. The van der Waals surface area contributed by atoms with Gasteiger partial charge in [-0.25, -0.2) is 5.06 Å². The number of alkyl halides is 1. The average molecular weight is 296 g/mol. The topological polar surface area (TPSA) is 38.8 Å². The second-order valence-corrected chi connectivity index (χ2v) is 11.0. The summed E-state index contributed by atoms with van der Waals surface area (Å²) in [6.45, 7) is 10.8. The van der Waals surface area contributed by atoms with E-state index in [-0.39, 0.29) is 23.5 Å². The van der Waals surface area contributed by atoms with Gasteiger partial charge in [-0.3, -0.25) is 9.63 Å². The highest BCUT2D eigenvalue weighted by molar-refractivity contribution is 6.74. The van der Waals surface area contributed by atoms with Crippen LogP contribution < -0.4 is 0 Å². The predicted molar refractivity (Wildman–Crippen MR) is 77.2 cm³/mol. The van der Waals surface area contributed by atoms with Crippen molar-refractivity contribution in [2.75, 3.05) is 20.0 Å². The van der Waals surface area contributed by atoms with Crippen LogP contribution in [-0.2, 0) is 14.1 Å². The van der Waals surface area contributed by atoms with Gasteiger partial charge in [0, 0.05) is 12.9 Å². The van der Waals surface area contributed by atoms with Gasteiger partial charge in [-0.2, -0.15) is 0 Å². The van der Waals surface area contributed by atoms with Crippen molar-refractivity contribution in [1.82, 2.24) is 5.06 Å². The van der Waals surface area contributed by atoms with Crippen LogP contribution in [0.5, 0.6) is 0 Å². The van der Waals surface area contributed by atoms with Crippen molar-refractivity contribution in [3.63, 3.8) is 0 Å². The molecule has 18 heavy (non-hydrogen) atoms. The van der Waals surface area contributed by atoms with Crippen LogP contribution in [0.25, 0.3) is 0 Å². The van der Waals surface area contributed by atoms with Crippen molar-refractivity contribution in [3.05, 3.63) is 0 Å². The zero-order chi connectivity index (χ0) is 14.6. The minimum absolute atomic E-state index is 0.105. The molecule has 0 N–H and O–H groups in total. The molecule has 0 radical (unpaired) electrons. The van der Waals surface area contributed by atoms with Gasteiger partial charge in [0.15, 0.2) is 8.32 Å². The third-order valence-electron chi connectivity index (χ3n) is 3.47. The third kappa shape index (κ3) is 5.26. The lowest BCUT2D eigenvalue weighted by Crippen LogP contribution is -2.45. The lowest BCUT2D eigenvalue weighted by molar-refractivity contribution is -0.170. The highest BCUT2D eigenvalue weighted by atomic mass is 35.5. The van der Waals surface area contributed by atoms with Crippen LogP contribution in [0, 0.1) is 0 Å². The first-order valence-electron chi connectivity index (χ1n) is 6.09. The molecular weight excluding hydrogens is 270 g/mol. The molecule has 0 fully saturated rings. The van der Waals surface area contributed by atoms with E-state index in [1.54, 1.807) is 7.05 Å². The van der Waals surface area contributed by atoms with Crippen molar-refractivity contribution < 1.29 is 14.1 Å². The fourth-order valence-electron chi connectivity index (χ4n) is 1.15. The van der Waals surface area contributed by atoms with Gasteiger partial charge in [-0.05, 0) is 18.1 Å². The molecule has 0 saturated carbocycles. The maximum absolute atomic E-state index is 11.8. The van der Waals surface area contributed by atoms with Crippen molar-refractivity contribution in [1.29, 1.82) is 0 Å². The van der Waals surface area contributed by atoms with Crippen molar-refractivity contribution in [2.24, 2.45) is 0 Å². The Hall–Kier alpha value is -0.103. The zero-order valence-electron chi connectivity index (χ0n) is 12.5. The van der Waals surface area contributed by atoms with E-state index in [0.717, 1.165) is 0 Å². The maximum atomic E-state index is 11.8. The number of halogens is 1. The summed E-state index contributed by atoms with van der Waals surface area (Å²) in [5.41, 5.74) is 0. The number of hydroxylamine groups is 2. The minimum atomic E-state index is -1.90. The van der Waals surface area contributed by atoms with Crippen molar-refractivity contribution in [2.45, 2.75) is 51.4 Å². The predicted octanol–water partition coefficient (Wildman–Crippen LogP) is 3.03. The average Bonchev–Trinajstić information content (AvgIpc) is 2.24. The summed E-state index contributed by atoms with van der Waals surface area (Å²) in [6.07, 6.45) is -0.00182. The Kier molecular flexibility index (Phi) is 6.85. The maximum Gasteiger partial charge on any atom is 0.248 e. The van der Waals surface area contributed by atoms with Crippen LogP contribution in [0.4, 0.5) is 0 Å². The molecule has 1 atom stereocenters. The Bertz CT molecular complexity index is 279. The molecular formula is C12H26ClNO3Si. The van der Waals surface area contributed by atoms with E-state index >= 15 is 0 Å². The largest absolute Gasteiger partial charge is 0.412 e. The molecule has 0 aromatic rings. The number of hydrogen-bond acceptors (Lipinski definition) is 3. The van der Waals surface area contributed by atoms with Crippen molar-refractivity contribution in [3.8, 4) is 0 Å².